The highest BCUT2D eigenvalue weighted by Gasteiger charge is 2.29. The number of hydrogen-bond acceptors (Lipinski definition) is 4. The summed E-state index contributed by atoms with van der Waals surface area (Å²) >= 11 is 12.1. The van der Waals surface area contributed by atoms with Gasteiger partial charge in [0.15, 0.2) is 0 Å². The number of halogens is 2. The molecule has 10 heteroatoms. The second-order valence-corrected chi connectivity index (χ2v) is 10.8. The number of amides is 2. The van der Waals surface area contributed by atoms with Gasteiger partial charge in [-0.1, -0.05) is 66.9 Å². The van der Waals surface area contributed by atoms with Gasteiger partial charge in [0.05, 0.1) is 11.9 Å². The van der Waals surface area contributed by atoms with Gasteiger partial charge in [-0.25, -0.2) is 8.42 Å². The SMILES string of the molecule is CCCCNC(=O)C(C)N(CCc1ccccc1)C(=O)CN(c1cc(Cl)cc(Cl)c1)S(C)(=O)=O. The predicted octanol–water partition coefficient (Wildman–Crippen LogP) is 4.14. The molecule has 0 aliphatic heterocycles. The minimum absolute atomic E-state index is 0.177. The van der Waals surface area contributed by atoms with Crippen LogP contribution < -0.4 is 9.62 Å². The van der Waals surface area contributed by atoms with Crippen LogP contribution in [0, 0.1) is 0 Å². The zero-order valence-corrected chi connectivity index (χ0v) is 22.0. The molecule has 0 fully saturated rings. The van der Waals surface area contributed by atoms with Crippen molar-refractivity contribution in [3.05, 3.63) is 64.1 Å². The fourth-order valence-corrected chi connectivity index (χ4v) is 4.75. The van der Waals surface area contributed by atoms with E-state index >= 15 is 0 Å². The van der Waals surface area contributed by atoms with Gasteiger partial charge in [0.1, 0.15) is 12.6 Å². The van der Waals surface area contributed by atoms with Crippen LogP contribution in [0.3, 0.4) is 0 Å². The molecule has 1 unspecified atom stereocenters. The minimum atomic E-state index is -3.84. The largest absolute Gasteiger partial charge is 0.354 e. The second kappa shape index (κ2) is 13.0. The molecule has 0 heterocycles. The van der Waals surface area contributed by atoms with E-state index in [1.165, 1.54) is 23.1 Å². The van der Waals surface area contributed by atoms with Crippen molar-refractivity contribution in [2.75, 3.05) is 30.2 Å². The van der Waals surface area contributed by atoms with Crippen LogP contribution >= 0.6 is 23.2 Å². The van der Waals surface area contributed by atoms with Gasteiger partial charge in [0.2, 0.25) is 21.8 Å². The van der Waals surface area contributed by atoms with Gasteiger partial charge in [0.25, 0.3) is 0 Å². The average molecular weight is 529 g/mol. The lowest BCUT2D eigenvalue weighted by Gasteiger charge is -2.31. The molecule has 0 aromatic heterocycles. The van der Waals surface area contributed by atoms with Gasteiger partial charge >= 0.3 is 0 Å². The van der Waals surface area contributed by atoms with Crippen molar-refractivity contribution >= 4 is 50.7 Å². The molecule has 1 N–H and O–H groups in total. The first-order chi connectivity index (χ1) is 16.0. The molecule has 0 aliphatic carbocycles. The summed E-state index contributed by atoms with van der Waals surface area (Å²) in [6, 6.07) is 13.1. The quantitative estimate of drug-likeness (QED) is 0.420. The number of carbonyl (C=O) groups is 2. The number of nitrogens with one attached hydrogen (secondary N) is 1. The summed E-state index contributed by atoms with van der Waals surface area (Å²) in [5.41, 5.74) is 1.18. The van der Waals surface area contributed by atoms with E-state index in [1.807, 2.05) is 37.3 Å². The summed E-state index contributed by atoms with van der Waals surface area (Å²) in [4.78, 5) is 27.6. The van der Waals surface area contributed by atoms with Crippen molar-refractivity contribution in [3.8, 4) is 0 Å². The predicted molar refractivity (Wildman–Crippen MR) is 138 cm³/mol. The molecule has 34 heavy (non-hydrogen) atoms. The third-order valence-corrected chi connectivity index (χ3v) is 6.87. The number of unbranched alkanes of at least 4 members (excludes halogenated alkanes) is 1. The lowest BCUT2D eigenvalue weighted by molar-refractivity contribution is -0.138. The van der Waals surface area contributed by atoms with Crippen molar-refractivity contribution in [2.24, 2.45) is 0 Å². The Labute approximate surface area is 212 Å². The maximum Gasteiger partial charge on any atom is 0.244 e. The summed E-state index contributed by atoms with van der Waals surface area (Å²) in [7, 11) is -3.84. The fourth-order valence-electron chi connectivity index (χ4n) is 3.40. The molecule has 2 amide bonds. The Morgan fingerprint density at radius 3 is 2.24 bits per heavy atom. The van der Waals surface area contributed by atoms with Gasteiger partial charge in [0, 0.05) is 23.1 Å². The first kappa shape index (κ1) is 28.0. The fraction of sp³-hybridized carbons (Fsp3) is 0.417. The molecule has 7 nitrogen and oxygen atoms in total. The lowest BCUT2D eigenvalue weighted by Crippen LogP contribution is -2.52. The topological polar surface area (TPSA) is 86.8 Å². The molecule has 0 saturated heterocycles. The first-order valence-electron chi connectivity index (χ1n) is 11.1. The highest BCUT2D eigenvalue weighted by Crippen LogP contribution is 2.27. The maximum atomic E-state index is 13.4. The minimum Gasteiger partial charge on any atom is -0.354 e. The van der Waals surface area contributed by atoms with E-state index < -0.39 is 28.5 Å². The summed E-state index contributed by atoms with van der Waals surface area (Å²) in [6.45, 7) is 3.94. The normalized spacial score (nSPS) is 12.1. The van der Waals surface area contributed by atoms with E-state index in [0.717, 1.165) is 29.0 Å². The highest BCUT2D eigenvalue weighted by atomic mass is 35.5. The van der Waals surface area contributed by atoms with Gasteiger partial charge < -0.3 is 10.2 Å². The first-order valence-corrected chi connectivity index (χ1v) is 13.7. The van der Waals surface area contributed by atoms with Gasteiger partial charge in [-0.15, -0.1) is 0 Å². The van der Waals surface area contributed by atoms with Crippen molar-refractivity contribution in [1.82, 2.24) is 10.2 Å². The van der Waals surface area contributed by atoms with Crippen molar-refractivity contribution in [1.29, 1.82) is 0 Å². The third-order valence-electron chi connectivity index (χ3n) is 5.30. The molecule has 0 saturated carbocycles. The Morgan fingerprint density at radius 2 is 1.68 bits per heavy atom. The molecule has 2 aromatic carbocycles. The summed E-state index contributed by atoms with van der Waals surface area (Å²) in [5.74, 6) is -0.790. The molecule has 0 aliphatic rings. The summed E-state index contributed by atoms with van der Waals surface area (Å²) < 4.78 is 26.1. The molecule has 1 atom stereocenters. The maximum absolute atomic E-state index is 13.4. The summed E-state index contributed by atoms with van der Waals surface area (Å²) in [5, 5.41) is 3.33. The van der Waals surface area contributed by atoms with E-state index in [-0.39, 0.29) is 28.2 Å². The number of nitrogens with zero attached hydrogens (tertiary/aromatic N) is 2. The van der Waals surface area contributed by atoms with Crippen LogP contribution in [0.5, 0.6) is 0 Å². The smallest absolute Gasteiger partial charge is 0.244 e. The van der Waals surface area contributed by atoms with E-state index in [4.69, 9.17) is 23.2 Å². The Balaban J connectivity index is 2.30. The molecule has 2 rings (SSSR count). The molecule has 0 spiro atoms. The second-order valence-electron chi connectivity index (χ2n) is 8.04. The van der Waals surface area contributed by atoms with E-state index in [1.54, 1.807) is 6.92 Å². The number of carbonyl (C=O) groups excluding carboxylic acids is 2. The van der Waals surface area contributed by atoms with Crippen LogP contribution in [-0.4, -0.2) is 57.1 Å². The van der Waals surface area contributed by atoms with Crippen molar-refractivity contribution < 1.29 is 18.0 Å². The molecule has 0 radical (unpaired) electrons. The van der Waals surface area contributed by atoms with Crippen LogP contribution in [0.15, 0.2) is 48.5 Å². The van der Waals surface area contributed by atoms with Crippen LogP contribution in [0.1, 0.15) is 32.3 Å². The number of rotatable bonds is 12. The number of hydrogen-bond donors (Lipinski definition) is 1. The molecular formula is C24H31Cl2N3O4S. The van der Waals surface area contributed by atoms with E-state index in [0.29, 0.717) is 13.0 Å². The van der Waals surface area contributed by atoms with E-state index in [9.17, 15) is 18.0 Å². The number of anilines is 1. The Kier molecular flexibility index (Phi) is 10.7. The van der Waals surface area contributed by atoms with Crippen molar-refractivity contribution in [3.63, 3.8) is 0 Å². The molecule has 2 aromatic rings. The van der Waals surface area contributed by atoms with Gasteiger partial charge in [-0.2, -0.15) is 0 Å². The monoisotopic (exact) mass is 527 g/mol. The molecule has 0 bridgehead atoms. The Morgan fingerprint density at radius 1 is 1.06 bits per heavy atom. The Hall–Kier alpha value is -2.29. The molecular weight excluding hydrogens is 497 g/mol. The summed E-state index contributed by atoms with van der Waals surface area (Å²) in [6.07, 6.45) is 3.27. The average Bonchev–Trinajstić information content (AvgIpc) is 2.76. The number of sulfonamides is 1. The standard InChI is InChI=1S/C24H31Cl2N3O4S/c1-4-5-12-27-24(31)18(2)28(13-11-19-9-7-6-8-10-19)23(30)17-29(34(3,32)33)22-15-20(25)14-21(26)16-22/h6-10,14-16,18H,4-5,11-13,17H2,1-3H3,(H,27,31). The van der Waals surface area contributed by atoms with Crippen LogP contribution in [0.4, 0.5) is 5.69 Å². The zero-order valence-electron chi connectivity index (χ0n) is 19.6. The van der Waals surface area contributed by atoms with Crippen LogP contribution in [0.2, 0.25) is 10.0 Å². The zero-order chi connectivity index (χ0) is 25.3. The van der Waals surface area contributed by atoms with Crippen LogP contribution in [0.25, 0.3) is 0 Å². The van der Waals surface area contributed by atoms with Crippen LogP contribution in [-0.2, 0) is 26.0 Å². The molecule has 186 valence electrons. The Bertz CT molecular complexity index is 1060. The third kappa shape index (κ3) is 8.49. The number of benzene rings is 2. The van der Waals surface area contributed by atoms with Crippen molar-refractivity contribution in [2.45, 2.75) is 39.2 Å². The van der Waals surface area contributed by atoms with Gasteiger partial charge in [-0.05, 0) is 43.5 Å². The van der Waals surface area contributed by atoms with Gasteiger partial charge in [-0.3, -0.25) is 13.9 Å². The van der Waals surface area contributed by atoms with E-state index in [2.05, 4.69) is 5.32 Å². The highest BCUT2D eigenvalue weighted by molar-refractivity contribution is 7.92. The lowest BCUT2D eigenvalue weighted by atomic mass is 10.1.